The summed E-state index contributed by atoms with van der Waals surface area (Å²) >= 11 is 2.98. The van der Waals surface area contributed by atoms with Crippen LogP contribution in [-0.4, -0.2) is 36.2 Å². The molecule has 1 aromatic carbocycles. The van der Waals surface area contributed by atoms with Crippen LogP contribution in [0.4, 0.5) is 23.7 Å². The van der Waals surface area contributed by atoms with Gasteiger partial charge in [-0.1, -0.05) is 15.9 Å². The Morgan fingerprint density at radius 1 is 1.36 bits per heavy atom. The topological polar surface area (TPSA) is 46.6 Å². The number of rotatable bonds is 0. The van der Waals surface area contributed by atoms with Crippen molar-refractivity contribution < 1.29 is 23.1 Å². The third-order valence-electron chi connectivity index (χ3n) is 4.25. The van der Waals surface area contributed by atoms with Crippen LogP contribution in [-0.2, 0) is 12.6 Å². The number of fused-ring (bicyclic) bond motifs is 3. The Balaban J connectivity index is 1.99. The van der Waals surface area contributed by atoms with Crippen molar-refractivity contribution in [1.82, 2.24) is 4.90 Å². The van der Waals surface area contributed by atoms with Gasteiger partial charge in [0.15, 0.2) is 0 Å². The fourth-order valence-electron chi connectivity index (χ4n) is 3.41. The van der Waals surface area contributed by atoms with E-state index < -0.39 is 17.8 Å². The van der Waals surface area contributed by atoms with Gasteiger partial charge in [0.25, 0.3) is 0 Å². The first-order chi connectivity index (χ1) is 10.2. The summed E-state index contributed by atoms with van der Waals surface area (Å²) < 4.78 is 39.2. The fraction of sp³-hybridized carbons (Fsp3) is 0.500. The molecule has 2 aliphatic heterocycles. The average Bonchev–Trinajstić information content (AvgIpc) is 2.73. The maximum Gasteiger partial charge on any atom is 0.417 e. The van der Waals surface area contributed by atoms with Gasteiger partial charge >= 0.3 is 6.18 Å². The zero-order chi connectivity index (χ0) is 16.2. The molecule has 2 aliphatic rings. The second-order valence-electron chi connectivity index (χ2n) is 5.74. The molecule has 8 heteroatoms. The molecule has 0 saturated carbocycles. The highest BCUT2D eigenvalue weighted by atomic mass is 79.9. The molecule has 0 spiro atoms. The SMILES string of the molecule is C[C@@H]1CN(C(=O)[O-])C[C@H]2Cc3cc(Br)c(C(F)(F)F)cc3N21. The first-order valence-corrected chi connectivity index (χ1v) is 7.61. The lowest BCUT2D eigenvalue weighted by Gasteiger charge is -2.45. The fourth-order valence-corrected chi connectivity index (χ4v) is 4.02. The number of carbonyl (C=O) groups excluding carboxylic acids is 1. The van der Waals surface area contributed by atoms with Crippen molar-refractivity contribution in [3.8, 4) is 0 Å². The maximum atomic E-state index is 13.1. The first kappa shape index (κ1) is 15.5. The van der Waals surface area contributed by atoms with Crippen molar-refractivity contribution in [1.29, 1.82) is 0 Å². The molecule has 3 rings (SSSR count). The molecule has 0 aromatic heterocycles. The van der Waals surface area contributed by atoms with Gasteiger partial charge in [0.2, 0.25) is 0 Å². The zero-order valence-electron chi connectivity index (χ0n) is 11.7. The van der Waals surface area contributed by atoms with Gasteiger partial charge in [-0.15, -0.1) is 0 Å². The van der Waals surface area contributed by atoms with Crippen molar-refractivity contribution in [2.75, 3.05) is 18.0 Å². The van der Waals surface area contributed by atoms with Crippen molar-refractivity contribution in [3.63, 3.8) is 0 Å². The molecule has 2 atom stereocenters. The Morgan fingerprint density at radius 3 is 2.64 bits per heavy atom. The van der Waals surface area contributed by atoms with Crippen LogP contribution in [0.25, 0.3) is 0 Å². The predicted molar refractivity (Wildman–Crippen MR) is 75.5 cm³/mol. The number of amides is 1. The molecule has 1 aromatic rings. The van der Waals surface area contributed by atoms with Crippen LogP contribution >= 0.6 is 15.9 Å². The van der Waals surface area contributed by atoms with Gasteiger partial charge in [-0.25, -0.2) is 0 Å². The summed E-state index contributed by atoms with van der Waals surface area (Å²) in [7, 11) is 0. The highest BCUT2D eigenvalue weighted by Crippen LogP contribution is 2.43. The third-order valence-corrected chi connectivity index (χ3v) is 4.91. The average molecular weight is 378 g/mol. The zero-order valence-corrected chi connectivity index (χ0v) is 13.2. The van der Waals surface area contributed by atoms with Gasteiger partial charge in [-0.3, -0.25) is 0 Å². The maximum absolute atomic E-state index is 13.1. The number of piperazine rings is 1. The van der Waals surface area contributed by atoms with E-state index in [1.165, 1.54) is 11.0 Å². The van der Waals surface area contributed by atoms with Crippen LogP contribution in [0.3, 0.4) is 0 Å². The van der Waals surface area contributed by atoms with Gasteiger partial charge in [-0.05, 0) is 31.0 Å². The number of carboxylic acid groups (broad SMARTS) is 1. The first-order valence-electron chi connectivity index (χ1n) is 6.82. The van der Waals surface area contributed by atoms with Gasteiger partial charge in [-0.2, -0.15) is 13.2 Å². The molecule has 0 unspecified atom stereocenters. The summed E-state index contributed by atoms with van der Waals surface area (Å²) in [5, 5.41) is 11.0. The highest BCUT2D eigenvalue weighted by molar-refractivity contribution is 9.10. The number of alkyl halides is 3. The summed E-state index contributed by atoms with van der Waals surface area (Å²) in [6, 6.07) is 2.31. The Hall–Kier alpha value is -1.44. The van der Waals surface area contributed by atoms with Gasteiger partial charge in [0.05, 0.1) is 11.6 Å². The largest absolute Gasteiger partial charge is 0.530 e. The van der Waals surface area contributed by atoms with Crippen LogP contribution < -0.4 is 10.0 Å². The second-order valence-corrected chi connectivity index (χ2v) is 6.60. The number of hydrogen-bond donors (Lipinski definition) is 0. The van der Waals surface area contributed by atoms with Crippen molar-refractivity contribution >= 4 is 27.7 Å². The number of halogens is 4. The van der Waals surface area contributed by atoms with Gasteiger partial charge in [0.1, 0.15) is 6.09 Å². The molecule has 120 valence electrons. The van der Waals surface area contributed by atoms with E-state index in [0.29, 0.717) is 12.1 Å². The van der Waals surface area contributed by atoms with Crippen molar-refractivity contribution in [3.05, 3.63) is 27.7 Å². The van der Waals surface area contributed by atoms with Crippen LogP contribution in [0.1, 0.15) is 18.1 Å². The van der Waals surface area contributed by atoms with Crippen LogP contribution in [0.2, 0.25) is 0 Å². The minimum atomic E-state index is -4.43. The van der Waals surface area contributed by atoms with E-state index in [-0.39, 0.29) is 29.6 Å². The Kier molecular flexibility index (Phi) is 3.54. The molecule has 0 aliphatic carbocycles. The molecule has 0 bridgehead atoms. The predicted octanol–water partition coefficient (Wildman–Crippen LogP) is 2.25. The molecule has 1 fully saturated rings. The summed E-state index contributed by atoms with van der Waals surface area (Å²) in [5.74, 6) is 0. The summed E-state index contributed by atoms with van der Waals surface area (Å²) in [5.41, 5.74) is 0.643. The number of carbonyl (C=O) groups is 1. The van der Waals surface area contributed by atoms with E-state index >= 15 is 0 Å². The number of anilines is 1. The summed E-state index contributed by atoms with van der Waals surface area (Å²) in [6.45, 7) is 2.29. The number of benzene rings is 1. The van der Waals surface area contributed by atoms with Crippen molar-refractivity contribution in [2.24, 2.45) is 0 Å². The Morgan fingerprint density at radius 2 is 2.05 bits per heavy atom. The quantitative estimate of drug-likeness (QED) is 0.696. The van der Waals surface area contributed by atoms with Gasteiger partial charge < -0.3 is 19.7 Å². The van der Waals surface area contributed by atoms with Crippen LogP contribution in [0, 0.1) is 0 Å². The molecule has 4 nitrogen and oxygen atoms in total. The molecule has 0 N–H and O–H groups in total. The second kappa shape index (κ2) is 5.04. The van der Waals surface area contributed by atoms with E-state index in [4.69, 9.17) is 0 Å². The summed E-state index contributed by atoms with van der Waals surface area (Å²) in [6.07, 6.45) is -5.14. The minimum absolute atomic E-state index is 0.0167. The number of nitrogens with zero attached hydrogens (tertiary/aromatic N) is 2. The van der Waals surface area contributed by atoms with E-state index in [2.05, 4.69) is 15.9 Å². The highest BCUT2D eigenvalue weighted by Gasteiger charge is 2.41. The lowest BCUT2D eigenvalue weighted by atomic mass is 10.1. The monoisotopic (exact) mass is 377 g/mol. The Labute approximate surface area is 133 Å². The van der Waals surface area contributed by atoms with Gasteiger partial charge in [0, 0.05) is 29.3 Å². The normalized spacial score (nSPS) is 24.2. The van der Waals surface area contributed by atoms with E-state index in [1.54, 1.807) is 0 Å². The molecule has 22 heavy (non-hydrogen) atoms. The van der Waals surface area contributed by atoms with E-state index in [0.717, 1.165) is 11.6 Å². The minimum Gasteiger partial charge on any atom is -0.530 e. The molecular weight excluding hydrogens is 365 g/mol. The smallest absolute Gasteiger partial charge is 0.417 e. The molecule has 1 amide bonds. The molecular formula is C14H13BrF3N2O2-. The van der Waals surface area contributed by atoms with Crippen LogP contribution in [0.15, 0.2) is 16.6 Å². The molecule has 1 saturated heterocycles. The lowest BCUT2D eigenvalue weighted by Crippen LogP contribution is -2.60. The summed E-state index contributed by atoms with van der Waals surface area (Å²) in [4.78, 5) is 14.2. The lowest BCUT2D eigenvalue weighted by molar-refractivity contribution is -0.266. The molecule has 2 heterocycles. The molecule has 0 radical (unpaired) electrons. The van der Waals surface area contributed by atoms with E-state index in [1.807, 2.05) is 11.8 Å². The Bertz CT molecular complexity index is 635. The van der Waals surface area contributed by atoms with Crippen molar-refractivity contribution in [2.45, 2.75) is 31.6 Å². The van der Waals surface area contributed by atoms with Crippen LogP contribution in [0.5, 0.6) is 0 Å². The standard InChI is InChI=1S/C14H14BrF3N2O2/c1-7-5-19(13(21)22)6-9-2-8-3-11(15)10(14(16,17)18)4-12(8)20(7)9/h3-4,7,9H,2,5-6H2,1H3,(H,21,22)/p-1/t7-,9-/m1/s1. The van der Waals surface area contributed by atoms with E-state index in [9.17, 15) is 23.1 Å². The third kappa shape index (κ3) is 2.43. The number of hydrogen-bond acceptors (Lipinski definition) is 3.